The van der Waals surface area contributed by atoms with Crippen molar-refractivity contribution in [1.82, 2.24) is 0 Å². The van der Waals surface area contributed by atoms with Crippen molar-refractivity contribution in [2.24, 2.45) is 11.3 Å². The van der Waals surface area contributed by atoms with Gasteiger partial charge in [0.25, 0.3) is 0 Å². The van der Waals surface area contributed by atoms with Crippen LogP contribution in [0.5, 0.6) is 0 Å². The molecule has 1 saturated carbocycles. The molecule has 1 aliphatic rings. The highest BCUT2D eigenvalue weighted by Gasteiger charge is 2.51. The quantitative estimate of drug-likeness (QED) is 0.680. The molecular weight excluding hydrogens is 168 g/mol. The number of aliphatic hydroxyl groups excluding tert-OH is 1. The van der Waals surface area contributed by atoms with E-state index in [-0.39, 0.29) is 12.0 Å². The third kappa shape index (κ3) is 1.73. The highest BCUT2D eigenvalue weighted by atomic mass is 16.7. The Balaban J connectivity index is 2.80. The summed E-state index contributed by atoms with van der Waals surface area (Å²) >= 11 is 0. The van der Waals surface area contributed by atoms with Crippen LogP contribution in [0.25, 0.3) is 0 Å². The molecule has 0 radical (unpaired) electrons. The van der Waals surface area contributed by atoms with Crippen molar-refractivity contribution in [1.29, 1.82) is 0 Å². The van der Waals surface area contributed by atoms with Gasteiger partial charge in [0.05, 0.1) is 0 Å². The number of hydrogen-bond acceptors (Lipinski definition) is 3. The Bertz CT molecular complexity index is 177. The standard InChI is InChI=1S/C10H20O3/c1-8-5-9(2,7-11)6-10(8,12-3)13-4/h8,11H,5-7H2,1-4H3/t8-,9-/m0/s1. The molecule has 78 valence electrons. The van der Waals surface area contributed by atoms with E-state index in [0.717, 1.165) is 12.8 Å². The van der Waals surface area contributed by atoms with Gasteiger partial charge in [-0.15, -0.1) is 0 Å². The van der Waals surface area contributed by atoms with Crippen LogP contribution in [-0.4, -0.2) is 31.7 Å². The van der Waals surface area contributed by atoms with Crippen molar-refractivity contribution in [3.05, 3.63) is 0 Å². The summed E-state index contributed by atoms with van der Waals surface area (Å²) in [6, 6.07) is 0. The second-order valence-electron chi connectivity index (χ2n) is 4.47. The molecule has 1 rings (SSSR count). The monoisotopic (exact) mass is 188 g/mol. The van der Waals surface area contributed by atoms with Crippen molar-refractivity contribution >= 4 is 0 Å². The molecular formula is C10H20O3. The lowest BCUT2D eigenvalue weighted by atomic mass is 9.89. The third-order valence-corrected chi connectivity index (χ3v) is 3.30. The predicted molar refractivity (Wildman–Crippen MR) is 50.3 cm³/mol. The van der Waals surface area contributed by atoms with Crippen LogP contribution >= 0.6 is 0 Å². The van der Waals surface area contributed by atoms with E-state index in [1.165, 1.54) is 0 Å². The van der Waals surface area contributed by atoms with Crippen LogP contribution in [-0.2, 0) is 9.47 Å². The highest BCUT2D eigenvalue weighted by Crippen LogP contribution is 2.49. The molecule has 0 bridgehead atoms. The maximum Gasteiger partial charge on any atom is 0.170 e. The van der Waals surface area contributed by atoms with E-state index in [1.54, 1.807) is 14.2 Å². The van der Waals surface area contributed by atoms with Gasteiger partial charge in [-0.2, -0.15) is 0 Å². The third-order valence-electron chi connectivity index (χ3n) is 3.30. The molecule has 0 aromatic carbocycles. The molecule has 1 N–H and O–H groups in total. The smallest absolute Gasteiger partial charge is 0.170 e. The van der Waals surface area contributed by atoms with Gasteiger partial charge < -0.3 is 14.6 Å². The fourth-order valence-electron chi connectivity index (χ4n) is 2.49. The summed E-state index contributed by atoms with van der Waals surface area (Å²) in [6.07, 6.45) is 1.72. The van der Waals surface area contributed by atoms with Gasteiger partial charge in [-0.05, 0) is 11.8 Å². The zero-order valence-corrected chi connectivity index (χ0v) is 8.96. The van der Waals surface area contributed by atoms with Crippen LogP contribution in [0, 0.1) is 11.3 Å². The molecule has 3 heteroatoms. The fourth-order valence-corrected chi connectivity index (χ4v) is 2.49. The maximum absolute atomic E-state index is 9.26. The lowest BCUT2D eigenvalue weighted by Crippen LogP contribution is -2.37. The van der Waals surface area contributed by atoms with Crippen molar-refractivity contribution in [2.45, 2.75) is 32.5 Å². The van der Waals surface area contributed by atoms with Crippen molar-refractivity contribution in [2.75, 3.05) is 20.8 Å². The molecule has 2 atom stereocenters. The largest absolute Gasteiger partial charge is 0.396 e. The second-order valence-corrected chi connectivity index (χ2v) is 4.47. The van der Waals surface area contributed by atoms with Gasteiger partial charge in [0.15, 0.2) is 5.79 Å². The lowest BCUT2D eigenvalue weighted by Gasteiger charge is -2.31. The van der Waals surface area contributed by atoms with Gasteiger partial charge in [0.2, 0.25) is 0 Å². The summed E-state index contributed by atoms with van der Waals surface area (Å²) in [4.78, 5) is 0. The minimum atomic E-state index is -0.489. The first kappa shape index (κ1) is 11.0. The molecule has 0 unspecified atom stereocenters. The molecule has 0 heterocycles. The van der Waals surface area contributed by atoms with E-state index in [4.69, 9.17) is 9.47 Å². The van der Waals surface area contributed by atoms with Crippen molar-refractivity contribution in [3.8, 4) is 0 Å². The Hall–Kier alpha value is -0.120. The molecule has 1 aliphatic carbocycles. The molecule has 0 saturated heterocycles. The van der Waals surface area contributed by atoms with E-state index in [0.29, 0.717) is 5.92 Å². The number of rotatable bonds is 3. The van der Waals surface area contributed by atoms with E-state index >= 15 is 0 Å². The van der Waals surface area contributed by atoms with E-state index in [2.05, 4.69) is 13.8 Å². The minimum Gasteiger partial charge on any atom is -0.396 e. The molecule has 13 heavy (non-hydrogen) atoms. The molecule has 1 fully saturated rings. The Morgan fingerprint density at radius 2 is 1.92 bits per heavy atom. The topological polar surface area (TPSA) is 38.7 Å². The van der Waals surface area contributed by atoms with Crippen molar-refractivity contribution in [3.63, 3.8) is 0 Å². The summed E-state index contributed by atoms with van der Waals surface area (Å²) in [5.41, 5.74) is -0.0502. The van der Waals surface area contributed by atoms with Crippen LogP contribution in [0.1, 0.15) is 26.7 Å². The maximum atomic E-state index is 9.26. The molecule has 0 aromatic rings. The first-order valence-electron chi connectivity index (χ1n) is 4.73. The van der Waals surface area contributed by atoms with Crippen LogP contribution in [0.3, 0.4) is 0 Å². The first-order chi connectivity index (χ1) is 6.02. The molecule has 0 aliphatic heterocycles. The van der Waals surface area contributed by atoms with E-state index in [1.807, 2.05) is 0 Å². The Morgan fingerprint density at radius 3 is 2.15 bits per heavy atom. The van der Waals surface area contributed by atoms with Crippen LogP contribution in [0.15, 0.2) is 0 Å². The van der Waals surface area contributed by atoms with Gasteiger partial charge in [-0.3, -0.25) is 0 Å². The lowest BCUT2D eigenvalue weighted by molar-refractivity contribution is -0.227. The Kier molecular flexibility index (Phi) is 3.00. The van der Waals surface area contributed by atoms with Gasteiger partial charge in [-0.25, -0.2) is 0 Å². The average Bonchev–Trinajstić information content (AvgIpc) is 2.39. The zero-order valence-electron chi connectivity index (χ0n) is 8.96. The number of aliphatic hydroxyl groups is 1. The number of methoxy groups -OCH3 is 2. The van der Waals surface area contributed by atoms with Crippen LogP contribution < -0.4 is 0 Å². The summed E-state index contributed by atoms with van der Waals surface area (Å²) < 4.78 is 10.8. The summed E-state index contributed by atoms with van der Waals surface area (Å²) in [7, 11) is 3.34. The molecule has 0 spiro atoms. The minimum absolute atomic E-state index is 0.0502. The second kappa shape index (κ2) is 3.56. The van der Waals surface area contributed by atoms with Gasteiger partial charge in [-0.1, -0.05) is 13.8 Å². The van der Waals surface area contributed by atoms with Crippen molar-refractivity contribution < 1.29 is 14.6 Å². The zero-order chi connectivity index (χ0) is 10.1. The predicted octanol–water partition coefficient (Wildman–Crippen LogP) is 1.40. The van der Waals surface area contributed by atoms with Gasteiger partial charge in [0, 0.05) is 33.2 Å². The average molecular weight is 188 g/mol. The summed E-state index contributed by atoms with van der Waals surface area (Å²) in [6.45, 7) is 4.38. The van der Waals surface area contributed by atoms with Crippen LogP contribution in [0.4, 0.5) is 0 Å². The Labute approximate surface area is 80.0 Å². The molecule has 3 nitrogen and oxygen atoms in total. The van der Waals surface area contributed by atoms with Crippen LogP contribution in [0.2, 0.25) is 0 Å². The summed E-state index contributed by atoms with van der Waals surface area (Å²) in [5, 5.41) is 9.26. The normalized spacial score (nSPS) is 38.1. The SMILES string of the molecule is COC1(OC)C[C@@](C)(CO)C[C@@H]1C. The number of hydrogen-bond donors (Lipinski definition) is 1. The number of ether oxygens (including phenoxy) is 2. The molecule has 0 aromatic heterocycles. The fraction of sp³-hybridized carbons (Fsp3) is 1.00. The summed E-state index contributed by atoms with van der Waals surface area (Å²) in [5.74, 6) is -0.156. The van der Waals surface area contributed by atoms with Gasteiger partial charge >= 0.3 is 0 Å². The highest BCUT2D eigenvalue weighted by molar-refractivity contribution is 4.95. The molecule has 0 amide bonds. The van der Waals surface area contributed by atoms with Gasteiger partial charge in [0.1, 0.15) is 0 Å². The van der Waals surface area contributed by atoms with E-state index in [9.17, 15) is 5.11 Å². The first-order valence-corrected chi connectivity index (χ1v) is 4.73. The Morgan fingerprint density at radius 1 is 1.38 bits per heavy atom. The van der Waals surface area contributed by atoms with E-state index < -0.39 is 5.79 Å².